The smallest absolute Gasteiger partial charge is 0.233 e. The van der Waals surface area contributed by atoms with Crippen LogP contribution in [-0.2, 0) is 11.2 Å². The van der Waals surface area contributed by atoms with Gasteiger partial charge in [0.15, 0.2) is 0 Å². The van der Waals surface area contributed by atoms with E-state index in [1.807, 2.05) is 18.7 Å². The minimum Gasteiger partial charge on any atom is -0.480 e. The maximum Gasteiger partial charge on any atom is 0.233 e. The number of carbonyl (C=O) groups excluding carboxylic acids is 1. The van der Waals surface area contributed by atoms with Crippen molar-refractivity contribution < 1.29 is 18.8 Å². The lowest BCUT2D eigenvalue weighted by atomic mass is 10.1. The Morgan fingerprint density at radius 3 is 2.73 bits per heavy atom. The normalized spacial score (nSPS) is 17.2. The number of methoxy groups -OCH3 is 1. The molecule has 0 N–H and O–H groups in total. The van der Waals surface area contributed by atoms with Crippen molar-refractivity contribution in [3.05, 3.63) is 29.2 Å². The van der Waals surface area contributed by atoms with E-state index in [9.17, 15) is 4.79 Å². The van der Waals surface area contributed by atoms with Gasteiger partial charge in [0.2, 0.25) is 17.7 Å². The molecular formula is C18H24N4O4. The maximum atomic E-state index is 12.6. The van der Waals surface area contributed by atoms with Crippen LogP contribution in [0.4, 0.5) is 0 Å². The fourth-order valence-electron chi connectivity index (χ4n) is 3.16. The van der Waals surface area contributed by atoms with Crippen LogP contribution in [0, 0.1) is 13.8 Å². The zero-order valence-electron chi connectivity index (χ0n) is 15.4. The molecule has 1 amide bonds. The highest BCUT2D eigenvalue weighted by atomic mass is 16.5. The van der Waals surface area contributed by atoms with E-state index in [0.29, 0.717) is 31.1 Å². The number of ether oxygens (including phenoxy) is 2. The largest absolute Gasteiger partial charge is 0.480 e. The number of piperidine rings is 1. The third-order valence-corrected chi connectivity index (χ3v) is 4.61. The highest BCUT2D eigenvalue weighted by molar-refractivity contribution is 5.76. The number of likely N-dealkylation sites (tertiary alicyclic amines) is 1. The predicted octanol–water partition coefficient (Wildman–Crippen LogP) is 2.09. The Balaban J connectivity index is 1.53. The Hall–Kier alpha value is -2.64. The van der Waals surface area contributed by atoms with Crippen molar-refractivity contribution in [2.24, 2.45) is 0 Å². The molecule has 1 unspecified atom stereocenters. The summed E-state index contributed by atoms with van der Waals surface area (Å²) in [6.07, 6.45) is 2.81. The zero-order chi connectivity index (χ0) is 18.5. The molecule has 8 heteroatoms. The molecule has 2 aromatic heterocycles. The summed E-state index contributed by atoms with van der Waals surface area (Å²) in [7, 11) is 1.54. The summed E-state index contributed by atoms with van der Waals surface area (Å²) in [6, 6.07) is 3.43. The number of nitrogens with zero attached hydrogens (tertiary/aromatic N) is 4. The third-order valence-electron chi connectivity index (χ3n) is 4.61. The number of hydrogen-bond donors (Lipinski definition) is 0. The van der Waals surface area contributed by atoms with Crippen LogP contribution in [0.1, 0.15) is 36.3 Å². The van der Waals surface area contributed by atoms with Crippen LogP contribution in [0.25, 0.3) is 0 Å². The second-order valence-corrected chi connectivity index (χ2v) is 6.44. The van der Waals surface area contributed by atoms with Crippen LogP contribution < -0.4 is 9.47 Å². The number of aromatic nitrogens is 3. The molecule has 0 spiro atoms. The molecule has 0 aromatic carbocycles. The van der Waals surface area contributed by atoms with Crippen LogP contribution in [0.2, 0.25) is 0 Å². The van der Waals surface area contributed by atoms with Gasteiger partial charge in [-0.1, -0.05) is 5.16 Å². The molecule has 1 atom stereocenters. The van der Waals surface area contributed by atoms with Crippen molar-refractivity contribution in [2.75, 3.05) is 20.2 Å². The SMILES string of the molecule is COc1ccc(OC2CCCN(C(=O)CCc3c(C)noc3C)C2)nn1. The number of hydrogen-bond acceptors (Lipinski definition) is 7. The minimum absolute atomic E-state index is 0.0746. The highest BCUT2D eigenvalue weighted by Crippen LogP contribution is 2.19. The second kappa shape index (κ2) is 8.16. The van der Waals surface area contributed by atoms with Crippen molar-refractivity contribution in [3.8, 4) is 11.8 Å². The minimum atomic E-state index is -0.0746. The van der Waals surface area contributed by atoms with Crippen molar-refractivity contribution in [1.29, 1.82) is 0 Å². The van der Waals surface area contributed by atoms with Gasteiger partial charge in [0, 0.05) is 30.7 Å². The lowest BCUT2D eigenvalue weighted by molar-refractivity contribution is -0.133. The van der Waals surface area contributed by atoms with E-state index in [2.05, 4.69) is 15.4 Å². The molecule has 140 valence electrons. The first kappa shape index (κ1) is 18.2. The molecule has 26 heavy (non-hydrogen) atoms. The van der Waals surface area contributed by atoms with Gasteiger partial charge in [-0.05, 0) is 33.1 Å². The fraction of sp³-hybridized carbons (Fsp3) is 0.556. The maximum absolute atomic E-state index is 12.6. The molecular weight excluding hydrogens is 336 g/mol. The predicted molar refractivity (Wildman–Crippen MR) is 93.1 cm³/mol. The van der Waals surface area contributed by atoms with Crippen molar-refractivity contribution in [3.63, 3.8) is 0 Å². The molecule has 1 aliphatic rings. The van der Waals surface area contributed by atoms with Crippen LogP contribution in [0.5, 0.6) is 11.8 Å². The molecule has 0 radical (unpaired) electrons. The fourth-order valence-corrected chi connectivity index (χ4v) is 3.16. The van der Waals surface area contributed by atoms with Gasteiger partial charge in [0.1, 0.15) is 11.9 Å². The molecule has 0 bridgehead atoms. The number of rotatable bonds is 6. The van der Waals surface area contributed by atoms with Gasteiger partial charge in [-0.25, -0.2) is 0 Å². The van der Waals surface area contributed by atoms with Gasteiger partial charge in [0.25, 0.3) is 0 Å². The van der Waals surface area contributed by atoms with Crippen LogP contribution in [-0.4, -0.2) is 52.5 Å². The summed E-state index contributed by atoms with van der Waals surface area (Å²) in [5.41, 5.74) is 1.88. The average Bonchev–Trinajstić information content (AvgIpc) is 2.98. The quantitative estimate of drug-likeness (QED) is 0.779. The van der Waals surface area contributed by atoms with Crippen molar-refractivity contribution in [1.82, 2.24) is 20.3 Å². The van der Waals surface area contributed by atoms with Crippen molar-refractivity contribution >= 4 is 5.91 Å². The summed E-state index contributed by atoms with van der Waals surface area (Å²) in [5, 5.41) is 11.8. The van der Waals surface area contributed by atoms with E-state index >= 15 is 0 Å². The summed E-state index contributed by atoms with van der Waals surface area (Å²) in [6.45, 7) is 5.10. The first-order chi connectivity index (χ1) is 12.6. The molecule has 1 fully saturated rings. The molecule has 3 rings (SSSR count). The summed E-state index contributed by atoms with van der Waals surface area (Å²) >= 11 is 0. The van der Waals surface area contributed by atoms with Gasteiger partial charge >= 0.3 is 0 Å². The molecule has 1 aliphatic heterocycles. The Morgan fingerprint density at radius 1 is 1.31 bits per heavy atom. The van der Waals surface area contributed by atoms with E-state index in [1.165, 1.54) is 7.11 Å². The second-order valence-electron chi connectivity index (χ2n) is 6.44. The van der Waals surface area contributed by atoms with E-state index in [-0.39, 0.29) is 12.0 Å². The lowest BCUT2D eigenvalue weighted by Gasteiger charge is -2.32. The van der Waals surface area contributed by atoms with Crippen LogP contribution in [0.15, 0.2) is 16.7 Å². The van der Waals surface area contributed by atoms with Crippen LogP contribution in [0.3, 0.4) is 0 Å². The number of amides is 1. The standard InChI is InChI=1S/C18H24N4O4/c1-12-15(13(2)26-21-12)6-9-18(23)22-10-4-5-14(11-22)25-17-8-7-16(24-3)19-20-17/h7-8,14H,4-6,9-11H2,1-3H3. The van der Waals surface area contributed by atoms with E-state index in [4.69, 9.17) is 14.0 Å². The molecule has 1 saturated heterocycles. The Labute approximate surface area is 152 Å². The number of carbonyl (C=O) groups is 1. The Morgan fingerprint density at radius 2 is 2.08 bits per heavy atom. The van der Waals surface area contributed by atoms with E-state index in [0.717, 1.165) is 36.4 Å². The van der Waals surface area contributed by atoms with Gasteiger partial charge in [-0.15, -0.1) is 10.2 Å². The summed E-state index contributed by atoms with van der Waals surface area (Å²) < 4.78 is 16.0. The molecule has 0 saturated carbocycles. The first-order valence-corrected chi connectivity index (χ1v) is 8.80. The van der Waals surface area contributed by atoms with Crippen molar-refractivity contribution in [2.45, 2.75) is 45.6 Å². The monoisotopic (exact) mass is 360 g/mol. The van der Waals surface area contributed by atoms with Gasteiger partial charge in [0.05, 0.1) is 19.3 Å². The van der Waals surface area contributed by atoms with E-state index in [1.54, 1.807) is 12.1 Å². The molecule has 2 aromatic rings. The highest BCUT2D eigenvalue weighted by Gasteiger charge is 2.25. The lowest BCUT2D eigenvalue weighted by Crippen LogP contribution is -2.44. The van der Waals surface area contributed by atoms with Crippen LogP contribution >= 0.6 is 0 Å². The summed E-state index contributed by atoms with van der Waals surface area (Å²) in [5.74, 6) is 1.80. The number of aryl methyl sites for hydroxylation is 2. The molecule has 8 nitrogen and oxygen atoms in total. The van der Waals surface area contributed by atoms with Gasteiger partial charge < -0.3 is 18.9 Å². The van der Waals surface area contributed by atoms with Gasteiger partial charge in [-0.3, -0.25) is 4.79 Å². The zero-order valence-corrected chi connectivity index (χ0v) is 15.4. The average molecular weight is 360 g/mol. The Bertz CT molecular complexity index is 725. The topological polar surface area (TPSA) is 90.6 Å². The van der Waals surface area contributed by atoms with Gasteiger partial charge in [-0.2, -0.15) is 0 Å². The first-order valence-electron chi connectivity index (χ1n) is 8.80. The molecule has 0 aliphatic carbocycles. The summed E-state index contributed by atoms with van der Waals surface area (Å²) in [4.78, 5) is 14.4. The molecule has 3 heterocycles. The third kappa shape index (κ3) is 4.30. The van der Waals surface area contributed by atoms with E-state index < -0.39 is 0 Å². The Kier molecular flexibility index (Phi) is 5.70.